The molecule has 2 aromatic rings. The zero-order valence-corrected chi connectivity index (χ0v) is 13.7. The maximum absolute atomic E-state index is 12.8. The summed E-state index contributed by atoms with van der Waals surface area (Å²) < 4.78 is 5.86. The van der Waals surface area contributed by atoms with Gasteiger partial charge in [0.1, 0.15) is 6.61 Å². The Balaban J connectivity index is 1.47. The Morgan fingerprint density at radius 1 is 1.29 bits per heavy atom. The van der Waals surface area contributed by atoms with E-state index in [2.05, 4.69) is 10.3 Å². The summed E-state index contributed by atoms with van der Waals surface area (Å²) in [6.07, 6.45) is 3.36. The number of likely N-dealkylation sites (tertiary alicyclic amines) is 1. The van der Waals surface area contributed by atoms with Crippen LogP contribution in [0.2, 0.25) is 0 Å². The van der Waals surface area contributed by atoms with E-state index in [0.717, 1.165) is 23.7 Å². The second-order valence-corrected chi connectivity index (χ2v) is 6.71. The fourth-order valence-corrected chi connectivity index (χ4v) is 3.78. The van der Waals surface area contributed by atoms with Crippen molar-refractivity contribution in [2.24, 2.45) is 0 Å². The molecule has 2 N–H and O–H groups in total. The summed E-state index contributed by atoms with van der Waals surface area (Å²) in [5.74, 6) is -0.00751. The van der Waals surface area contributed by atoms with Gasteiger partial charge in [-0.3, -0.25) is 9.59 Å². The van der Waals surface area contributed by atoms with Gasteiger partial charge in [-0.25, -0.2) is 0 Å². The van der Waals surface area contributed by atoms with Crippen molar-refractivity contribution in [3.8, 4) is 0 Å². The Morgan fingerprint density at radius 2 is 2.08 bits per heavy atom. The molecule has 2 fully saturated rings. The number of hydrogen-bond acceptors (Lipinski definition) is 3. The molecule has 1 unspecified atom stereocenters. The highest BCUT2D eigenvalue weighted by molar-refractivity contribution is 5.98. The lowest BCUT2D eigenvalue weighted by molar-refractivity contribution is -0.158. The minimum Gasteiger partial charge on any atom is -0.363 e. The molecule has 2 aliphatic rings. The van der Waals surface area contributed by atoms with Gasteiger partial charge in [0.15, 0.2) is 0 Å². The number of nitrogens with zero attached hydrogens (tertiary/aromatic N) is 1. The van der Waals surface area contributed by atoms with Crippen molar-refractivity contribution < 1.29 is 14.3 Å². The van der Waals surface area contributed by atoms with Crippen LogP contribution in [0.15, 0.2) is 30.5 Å². The van der Waals surface area contributed by atoms with Crippen LogP contribution in [-0.4, -0.2) is 53.0 Å². The van der Waals surface area contributed by atoms with Gasteiger partial charge in [0.25, 0.3) is 5.91 Å². The van der Waals surface area contributed by atoms with E-state index < -0.39 is 0 Å². The molecule has 6 nitrogen and oxygen atoms in total. The number of H-pyrrole nitrogens is 1. The average molecular weight is 327 g/mol. The van der Waals surface area contributed by atoms with E-state index in [1.807, 2.05) is 42.3 Å². The van der Waals surface area contributed by atoms with Crippen LogP contribution in [0.25, 0.3) is 10.9 Å². The number of carbonyl (C=O) groups excluding carboxylic acids is 2. The van der Waals surface area contributed by atoms with Gasteiger partial charge in [0.05, 0.1) is 11.6 Å². The van der Waals surface area contributed by atoms with Crippen molar-refractivity contribution in [1.82, 2.24) is 15.2 Å². The van der Waals surface area contributed by atoms with Gasteiger partial charge in [-0.05, 0) is 44.0 Å². The van der Waals surface area contributed by atoms with E-state index in [4.69, 9.17) is 4.74 Å². The van der Waals surface area contributed by atoms with E-state index in [-0.39, 0.29) is 30.1 Å². The number of aromatic amines is 1. The minimum absolute atomic E-state index is 0.0211. The molecule has 2 saturated heterocycles. The van der Waals surface area contributed by atoms with E-state index in [1.54, 1.807) is 0 Å². The maximum Gasteiger partial charge on any atom is 0.253 e. The Kier molecular flexibility index (Phi) is 3.57. The number of morpholine rings is 1. The zero-order chi connectivity index (χ0) is 16.7. The summed E-state index contributed by atoms with van der Waals surface area (Å²) in [4.78, 5) is 29.2. The minimum atomic E-state index is -0.338. The smallest absolute Gasteiger partial charge is 0.253 e. The Labute approximate surface area is 140 Å². The molecule has 0 aliphatic carbocycles. The molecular weight excluding hydrogens is 306 g/mol. The molecule has 126 valence electrons. The highest BCUT2D eigenvalue weighted by Gasteiger charge is 2.44. The van der Waals surface area contributed by atoms with Crippen LogP contribution in [-0.2, 0) is 9.53 Å². The second kappa shape index (κ2) is 5.63. The van der Waals surface area contributed by atoms with Gasteiger partial charge >= 0.3 is 0 Å². The Bertz CT molecular complexity index is 790. The fraction of sp³-hybridized carbons (Fsp3) is 0.444. The summed E-state index contributed by atoms with van der Waals surface area (Å²) in [7, 11) is 0. The fourth-order valence-electron chi connectivity index (χ4n) is 3.78. The molecule has 1 atom stereocenters. The van der Waals surface area contributed by atoms with Crippen molar-refractivity contribution in [3.63, 3.8) is 0 Å². The largest absolute Gasteiger partial charge is 0.363 e. The molecular formula is C18H21N3O3. The second-order valence-electron chi connectivity index (χ2n) is 6.71. The Hall–Kier alpha value is -2.34. The van der Waals surface area contributed by atoms with Crippen molar-refractivity contribution in [3.05, 3.63) is 36.0 Å². The summed E-state index contributed by atoms with van der Waals surface area (Å²) in [5, 5.41) is 4.00. The molecule has 2 aliphatic heterocycles. The van der Waals surface area contributed by atoms with Crippen LogP contribution in [0.3, 0.4) is 0 Å². The first-order valence-electron chi connectivity index (χ1n) is 8.37. The molecule has 2 amide bonds. The number of carbonyl (C=O) groups is 2. The third-order valence-electron chi connectivity index (χ3n) is 5.35. The summed E-state index contributed by atoms with van der Waals surface area (Å²) in [6, 6.07) is 7.68. The van der Waals surface area contributed by atoms with E-state index in [9.17, 15) is 9.59 Å². The van der Waals surface area contributed by atoms with Crippen LogP contribution in [0.4, 0.5) is 0 Å². The Morgan fingerprint density at radius 3 is 2.83 bits per heavy atom. The first-order valence-corrected chi connectivity index (χ1v) is 8.37. The van der Waals surface area contributed by atoms with Gasteiger partial charge < -0.3 is 19.9 Å². The number of aromatic nitrogens is 1. The highest BCUT2D eigenvalue weighted by atomic mass is 16.5. The van der Waals surface area contributed by atoms with Gasteiger partial charge in [-0.15, -0.1) is 0 Å². The standard InChI is InChI=1S/C18H21N3O3/c1-12-18(24-11-16(22)20-12)5-8-21(9-6-18)17(23)14-2-3-15-13(10-14)4-7-19-15/h2-4,7,10,12,19H,5-6,8-9,11H2,1H3,(H,20,22). The predicted molar refractivity (Wildman–Crippen MR) is 89.7 cm³/mol. The number of hydrogen-bond donors (Lipinski definition) is 2. The van der Waals surface area contributed by atoms with Crippen LogP contribution < -0.4 is 5.32 Å². The zero-order valence-electron chi connectivity index (χ0n) is 13.7. The van der Waals surface area contributed by atoms with Gasteiger partial charge in [-0.1, -0.05) is 0 Å². The van der Waals surface area contributed by atoms with Crippen molar-refractivity contribution >= 4 is 22.7 Å². The molecule has 0 radical (unpaired) electrons. The third-order valence-corrected chi connectivity index (χ3v) is 5.35. The quantitative estimate of drug-likeness (QED) is 0.837. The molecule has 1 aromatic carbocycles. The van der Waals surface area contributed by atoms with Gasteiger partial charge in [-0.2, -0.15) is 0 Å². The monoisotopic (exact) mass is 327 g/mol. The number of benzene rings is 1. The lowest BCUT2D eigenvalue weighted by atomic mass is 9.83. The number of rotatable bonds is 1. The number of nitrogens with one attached hydrogen (secondary N) is 2. The normalized spacial score (nSPS) is 23.5. The number of fused-ring (bicyclic) bond motifs is 1. The molecule has 1 aromatic heterocycles. The molecule has 3 heterocycles. The number of piperidine rings is 1. The molecule has 0 bridgehead atoms. The predicted octanol–water partition coefficient (Wildman–Crippen LogP) is 1.68. The highest BCUT2D eigenvalue weighted by Crippen LogP contribution is 2.32. The first kappa shape index (κ1) is 15.2. The van der Waals surface area contributed by atoms with Crippen molar-refractivity contribution in [2.45, 2.75) is 31.4 Å². The lowest BCUT2D eigenvalue weighted by Crippen LogP contribution is -2.63. The van der Waals surface area contributed by atoms with Crippen LogP contribution >= 0.6 is 0 Å². The van der Waals surface area contributed by atoms with Crippen molar-refractivity contribution in [1.29, 1.82) is 0 Å². The van der Waals surface area contributed by atoms with Crippen LogP contribution in [0.5, 0.6) is 0 Å². The lowest BCUT2D eigenvalue weighted by Gasteiger charge is -2.47. The molecule has 24 heavy (non-hydrogen) atoms. The van der Waals surface area contributed by atoms with Gasteiger partial charge in [0, 0.05) is 35.8 Å². The summed E-state index contributed by atoms with van der Waals surface area (Å²) in [5.41, 5.74) is 1.41. The van der Waals surface area contributed by atoms with E-state index in [1.165, 1.54) is 0 Å². The van der Waals surface area contributed by atoms with Crippen molar-refractivity contribution in [2.75, 3.05) is 19.7 Å². The van der Waals surface area contributed by atoms with Crippen LogP contribution in [0, 0.1) is 0 Å². The molecule has 0 saturated carbocycles. The third kappa shape index (κ3) is 2.47. The average Bonchev–Trinajstić information content (AvgIpc) is 3.06. The molecule has 1 spiro atoms. The first-order chi connectivity index (χ1) is 11.6. The van der Waals surface area contributed by atoms with Gasteiger partial charge in [0.2, 0.25) is 5.91 Å². The summed E-state index contributed by atoms with van der Waals surface area (Å²) in [6.45, 7) is 3.38. The SMILES string of the molecule is CC1NC(=O)COC12CCN(C(=O)c1ccc3[nH]ccc3c1)CC2. The number of amides is 2. The molecule has 6 heteroatoms. The van der Waals surface area contributed by atoms with E-state index in [0.29, 0.717) is 18.7 Å². The molecule has 4 rings (SSSR count). The topological polar surface area (TPSA) is 74.4 Å². The maximum atomic E-state index is 12.8. The van der Waals surface area contributed by atoms with E-state index >= 15 is 0 Å². The number of ether oxygens (including phenoxy) is 1. The van der Waals surface area contributed by atoms with Crippen LogP contribution in [0.1, 0.15) is 30.1 Å². The summed E-state index contributed by atoms with van der Waals surface area (Å²) >= 11 is 0.